The van der Waals surface area contributed by atoms with Gasteiger partial charge in [-0.3, -0.25) is 19.3 Å². The number of phenolic OH excluding ortho intramolecular Hbond substituents is 1. The van der Waals surface area contributed by atoms with E-state index in [2.05, 4.69) is 5.32 Å². The highest BCUT2D eigenvalue weighted by Crippen LogP contribution is 2.53. The number of nitrogens with zero attached hydrogens (tertiary/aromatic N) is 1. The number of carbonyl (C=O) groups excluding carboxylic acids is 3. The second-order valence-electron chi connectivity index (χ2n) is 12.2. The lowest BCUT2D eigenvalue weighted by atomic mass is 9.58. The number of nitrogens with two attached hydrogens (primary N) is 1. The largest absolute Gasteiger partial charge is 0.510 e. The first-order chi connectivity index (χ1) is 19.9. The van der Waals surface area contributed by atoms with Crippen LogP contribution in [-0.4, -0.2) is 74.6 Å². The second-order valence-corrected chi connectivity index (χ2v) is 12.2. The third kappa shape index (κ3) is 3.90. The molecule has 42 heavy (non-hydrogen) atoms. The molecule has 1 fully saturated rings. The van der Waals surface area contributed by atoms with Crippen LogP contribution in [0.25, 0.3) is 10.8 Å². The summed E-state index contributed by atoms with van der Waals surface area (Å²) in [7, 11) is 3.10. The molecule has 2 aromatic carbocycles. The zero-order valence-electron chi connectivity index (χ0n) is 23.4. The molecular formula is C31H34FN3O7. The molecule has 0 spiro atoms. The van der Waals surface area contributed by atoms with Gasteiger partial charge >= 0.3 is 0 Å². The maximum atomic E-state index is 16.0. The van der Waals surface area contributed by atoms with Gasteiger partial charge in [0.25, 0.3) is 5.91 Å². The predicted octanol–water partition coefficient (Wildman–Crippen LogP) is 2.45. The van der Waals surface area contributed by atoms with E-state index in [1.807, 2.05) is 0 Å². The van der Waals surface area contributed by atoms with Crippen LogP contribution in [0.4, 0.5) is 4.39 Å². The molecule has 4 aliphatic rings. The first kappa shape index (κ1) is 28.3. The fraction of sp³-hybridized carbons (Fsp3) is 0.452. The standard InChI is InChI=1S/C31H34FN3O7/c1-35(2)24-19-11-14-10-18-21(26(37)20(14)28(39)31(19,42)29(40)22(27(24)38)30(33)41)25(36)17-9-13(7-8-16(17)23(18)32)12-34-15-5-3-4-6-15/h7-9,14-15,19,24,34,36,38-39,42H,3-6,10-12H2,1-2H3,(H2,33,41)/t14-,19-,24-,31-/m0/s1. The molecule has 0 saturated heterocycles. The zero-order chi connectivity index (χ0) is 30.2. The Labute approximate surface area is 241 Å². The zero-order valence-corrected chi connectivity index (χ0v) is 23.4. The summed E-state index contributed by atoms with van der Waals surface area (Å²) in [6, 6.07) is 4.28. The number of likely N-dealkylation sites (N-methyl/N-ethyl adjacent to an activating group) is 1. The smallest absolute Gasteiger partial charge is 0.255 e. The number of nitrogens with one attached hydrogen (secondary N) is 1. The monoisotopic (exact) mass is 579 g/mol. The summed E-state index contributed by atoms with van der Waals surface area (Å²) >= 11 is 0. The summed E-state index contributed by atoms with van der Waals surface area (Å²) in [5.41, 5.74) is 1.89. The fourth-order valence-electron chi connectivity index (χ4n) is 7.62. The van der Waals surface area contributed by atoms with Crippen LogP contribution in [0.15, 0.2) is 40.9 Å². The lowest BCUT2D eigenvalue weighted by Gasteiger charge is -2.50. The highest BCUT2D eigenvalue weighted by atomic mass is 19.1. The number of Topliss-reactive ketones (excluding diaryl/α,β-unsaturated/α-hetero) is 2. The Morgan fingerprint density at radius 1 is 1.14 bits per heavy atom. The van der Waals surface area contributed by atoms with E-state index in [9.17, 15) is 34.8 Å². The van der Waals surface area contributed by atoms with Crippen molar-refractivity contribution >= 4 is 28.2 Å². The van der Waals surface area contributed by atoms with Gasteiger partial charge in [0.05, 0.1) is 11.6 Å². The number of carbonyl (C=O) groups is 3. The van der Waals surface area contributed by atoms with Crippen molar-refractivity contribution in [2.75, 3.05) is 14.1 Å². The van der Waals surface area contributed by atoms with E-state index >= 15 is 4.39 Å². The van der Waals surface area contributed by atoms with Crippen molar-refractivity contribution in [3.05, 3.63) is 63.4 Å². The highest BCUT2D eigenvalue weighted by Gasteiger charge is 2.63. The van der Waals surface area contributed by atoms with Gasteiger partial charge in [-0.2, -0.15) is 0 Å². The number of aromatic hydroxyl groups is 1. The highest BCUT2D eigenvalue weighted by molar-refractivity contribution is 6.25. The third-order valence-corrected chi connectivity index (χ3v) is 9.64. The topological polar surface area (TPSA) is 173 Å². The maximum Gasteiger partial charge on any atom is 0.255 e. The van der Waals surface area contributed by atoms with Crippen molar-refractivity contribution in [1.82, 2.24) is 10.2 Å². The van der Waals surface area contributed by atoms with Gasteiger partial charge in [0, 0.05) is 40.4 Å². The molecule has 11 heteroatoms. The average molecular weight is 580 g/mol. The SMILES string of the molecule is CN(C)[C@@H]1C(O)=C(C(N)=O)C(=O)[C@@]2(O)C(O)=C3C(=O)c4c(c(F)c5ccc(CNC6CCCC6)cc5c4O)C[C@H]3C[C@@H]12. The van der Waals surface area contributed by atoms with Crippen LogP contribution < -0.4 is 11.1 Å². The van der Waals surface area contributed by atoms with Gasteiger partial charge in [-0.15, -0.1) is 0 Å². The van der Waals surface area contributed by atoms with Gasteiger partial charge in [0.1, 0.15) is 28.7 Å². The Kier molecular flexibility index (Phi) is 6.67. The first-order valence-electron chi connectivity index (χ1n) is 14.2. The number of rotatable bonds is 5. The van der Waals surface area contributed by atoms with Crippen LogP contribution in [0.3, 0.4) is 0 Å². The molecule has 1 saturated carbocycles. The van der Waals surface area contributed by atoms with E-state index in [1.165, 1.54) is 4.90 Å². The molecule has 0 aromatic heterocycles. The lowest BCUT2D eigenvalue weighted by molar-refractivity contribution is -0.148. The summed E-state index contributed by atoms with van der Waals surface area (Å²) in [6.07, 6.45) is 4.29. The third-order valence-electron chi connectivity index (χ3n) is 9.64. The number of amides is 1. The number of aliphatic hydroxyl groups is 3. The number of primary amides is 1. The summed E-state index contributed by atoms with van der Waals surface area (Å²) < 4.78 is 16.0. The van der Waals surface area contributed by atoms with Gasteiger partial charge in [-0.25, -0.2) is 4.39 Å². The molecule has 222 valence electrons. The number of phenols is 1. The van der Waals surface area contributed by atoms with Crippen molar-refractivity contribution in [2.45, 2.75) is 62.8 Å². The van der Waals surface area contributed by atoms with E-state index in [4.69, 9.17) is 5.73 Å². The van der Waals surface area contributed by atoms with Crippen LogP contribution >= 0.6 is 0 Å². The number of aliphatic hydroxyl groups excluding tert-OH is 2. The average Bonchev–Trinajstić information content (AvgIpc) is 3.46. The molecule has 4 atom stereocenters. The fourth-order valence-corrected chi connectivity index (χ4v) is 7.62. The van der Waals surface area contributed by atoms with E-state index in [0.717, 1.165) is 31.2 Å². The molecule has 10 nitrogen and oxygen atoms in total. The molecule has 0 bridgehead atoms. The minimum absolute atomic E-state index is 0.0186. The van der Waals surface area contributed by atoms with Gasteiger partial charge in [0.15, 0.2) is 11.4 Å². The van der Waals surface area contributed by atoms with Crippen LogP contribution in [0.1, 0.15) is 53.6 Å². The van der Waals surface area contributed by atoms with Crippen molar-refractivity contribution in [3.8, 4) is 5.75 Å². The van der Waals surface area contributed by atoms with Crippen molar-refractivity contribution in [2.24, 2.45) is 17.6 Å². The van der Waals surface area contributed by atoms with Gasteiger partial charge in [0.2, 0.25) is 5.78 Å². The second kappa shape index (κ2) is 9.89. The summed E-state index contributed by atoms with van der Waals surface area (Å²) in [6.45, 7) is 0.507. The molecular weight excluding hydrogens is 545 g/mol. The first-order valence-corrected chi connectivity index (χ1v) is 14.2. The predicted molar refractivity (Wildman–Crippen MR) is 150 cm³/mol. The number of hydrogen-bond donors (Lipinski definition) is 6. The molecule has 0 aliphatic heterocycles. The van der Waals surface area contributed by atoms with Gasteiger partial charge < -0.3 is 31.5 Å². The van der Waals surface area contributed by atoms with E-state index < -0.39 is 69.6 Å². The molecule has 1 amide bonds. The van der Waals surface area contributed by atoms with Gasteiger partial charge in [-0.1, -0.05) is 25.0 Å². The molecule has 0 heterocycles. The summed E-state index contributed by atoms with van der Waals surface area (Å²) in [4.78, 5) is 41.0. The van der Waals surface area contributed by atoms with Crippen LogP contribution in [0, 0.1) is 17.7 Å². The normalized spacial score (nSPS) is 28.0. The van der Waals surface area contributed by atoms with Crippen molar-refractivity contribution < 1.29 is 39.2 Å². The molecule has 0 radical (unpaired) electrons. The number of hydrogen-bond acceptors (Lipinski definition) is 9. The Morgan fingerprint density at radius 3 is 2.48 bits per heavy atom. The molecule has 6 rings (SSSR count). The number of benzene rings is 2. The quantitative estimate of drug-likeness (QED) is 0.291. The van der Waals surface area contributed by atoms with E-state index in [1.54, 1.807) is 32.3 Å². The van der Waals surface area contributed by atoms with Gasteiger partial charge in [-0.05, 0) is 57.3 Å². The number of halogens is 1. The maximum absolute atomic E-state index is 16.0. The number of ketones is 2. The van der Waals surface area contributed by atoms with Crippen molar-refractivity contribution in [3.63, 3.8) is 0 Å². The summed E-state index contributed by atoms with van der Waals surface area (Å²) in [5.74, 6) is -8.26. The Hall–Kier alpha value is -3.80. The Balaban J connectivity index is 1.47. The van der Waals surface area contributed by atoms with Crippen LogP contribution in [0.2, 0.25) is 0 Å². The summed E-state index contributed by atoms with van der Waals surface area (Å²) in [5, 5.41) is 49.1. The Bertz CT molecular complexity index is 1620. The number of fused-ring (bicyclic) bond motifs is 4. The Morgan fingerprint density at radius 2 is 1.83 bits per heavy atom. The van der Waals surface area contributed by atoms with E-state index in [-0.39, 0.29) is 40.3 Å². The molecule has 4 aliphatic carbocycles. The molecule has 7 N–H and O–H groups in total. The molecule has 2 aromatic rings. The molecule has 0 unspecified atom stereocenters. The minimum atomic E-state index is -2.74. The van der Waals surface area contributed by atoms with E-state index in [0.29, 0.717) is 12.6 Å². The van der Waals surface area contributed by atoms with Crippen molar-refractivity contribution in [1.29, 1.82) is 0 Å². The van der Waals surface area contributed by atoms with Crippen LogP contribution in [0.5, 0.6) is 5.75 Å². The lowest BCUT2D eigenvalue weighted by Crippen LogP contribution is -2.63. The number of allylic oxidation sites excluding steroid dienone is 1. The minimum Gasteiger partial charge on any atom is -0.510 e. The van der Waals surface area contributed by atoms with Crippen LogP contribution in [-0.2, 0) is 22.6 Å².